The number of aromatic amines is 1. The number of H-pyrrole nitrogens is 1. The number of halogens is 1. The summed E-state index contributed by atoms with van der Waals surface area (Å²) in [5.41, 5.74) is 2.97. The number of anilines is 1. The molecular weight excluding hydrogens is 386 g/mol. The molecule has 4 N–H and O–H groups in total. The van der Waals surface area contributed by atoms with Gasteiger partial charge in [-0.2, -0.15) is 8.42 Å². The van der Waals surface area contributed by atoms with Crippen molar-refractivity contribution in [3.63, 3.8) is 0 Å². The van der Waals surface area contributed by atoms with Crippen molar-refractivity contribution >= 4 is 33.3 Å². The van der Waals surface area contributed by atoms with Gasteiger partial charge in [0.1, 0.15) is 0 Å². The highest BCUT2D eigenvalue weighted by atomic mass is 35.5. The summed E-state index contributed by atoms with van der Waals surface area (Å²) in [4.78, 5) is 15.7. The van der Waals surface area contributed by atoms with E-state index in [9.17, 15) is 13.2 Å². The number of benzene rings is 2. The Balaban J connectivity index is 1.84. The van der Waals surface area contributed by atoms with Crippen LogP contribution in [0.4, 0.5) is 5.69 Å². The van der Waals surface area contributed by atoms with E-state index in [2.05, 4.69) is 9.71 Å². The van der Waals surface area contributed by atoms with E-state index in [-0.39, 0.29) is 11.7 Å². The molecule has 3 aromatic rings. The molecule has 140 valence electrons. The fourth-order valence-electron chi connectivity index (χ4n) is 2.80. The number of ketones is 1. The first kappa shape index (κ1) is 19.2. The van der Waals surface area contributed by atoms with Crippen LogP contribution in [0.3, 0.4) is 0 Å². The van der Waals surface area contributed by atoms with Crippen LogP contribution in [0.15, 0.2) is 60.7 Å². The average molecular weight is 404 g/mol. The monoisotopic (exact) mass is 403 g/mol. The Morgan fingerprint density at radius 2 is 1.74 bits per heavy atom. The van der Waals surface area contributed by atoms with Crippen molar-refractivity contribution in [1.29, 1.82) is 0 Å². The highest BCUT2D eigenvalue weighted by Crippen LogP contribution is 2.31. The van der Waals surface area contributed by atoms with Crippen LogP contribution >= 0.6 is 11.6 Å². The molecule has 0 bridgehead atoms. The van der Waals surface area contributed by atoms with Crippen molar-refractivity contribution < 1.29 is 13.2 Å². The molecule has 27 heavy (non-hydrogen) atoms. The van der Waals surface area contributed by atoms with E-state index in [1.54, 1.807) is 54.6 Å². The normalized spacial score (nSPS) is 12.6. The number of rotatable bonds is 6. The van der Waals surface area contributed by atoms with Crippen molar-refractivity contribution in [3.8, 4) is 0 Å². The summed E-state index contributed by atoms with van der Waals surface area (Å²) in [6, 6.07) is 17.3. The fourth-order valence-corrected chi connectivity index (χ4v) is 3.58. The molecule has 0 radical (unpaired) electrons. The molecule has 0 spiro atoms. The van der Waals surface area contributed by atoms with E-state index < -0.39 is 10.2 Å². The lowest BCUT2D eigenvalue weighted by Crippen LogP contribution is -2.21. The van der Waals surface area contributed by atoms with Gasteiger partial charge in [-0.25, -0.2) is 5.14 Å². The summed E-state index contributed by atoms with van der Waals surface area (Å²) in [6.07, 6.45) is 0. The molecule has 3 rings (SSSR count). The number of carbonyl (C=O) groups excluding carboxylic acids is 1. The van der Waals surface area contributed by atoms with Gasteiger partial charge in [0.25, 0.3) is 10.2 Å². The third-order valence-electron chi connectivity index (χ3n) is 4.18. The quantitative estimate of drug-likeness (QED) is 0.547. The largest absolute Gasteiger partial charge is 0.354 e. The molecule has 1 atom stereocenters. The highest BCUT2D eigenvalue weighted by Gasteiger charge is 2.19. The molecule has 2 aromatic carbocycles. The van der Waals surface area contributed by atoms with Crippen LogP contribution in [-0.2, 0) is 10.2 Å². The summed E-state index contributed by atoms with van der Waals surface area (Å²) in [6.45, 7) is 1.94. The SMILES string of the molecule is CC(c1ccc(NS(N)(=O)=O)cc1)c1[nH]c(C(=O)c2ccccc2)cc1Cl. The Labute approximate surface area is 162 Å². The van der Waals surface area contributed by atoms with Gasteiger partial charge in [-0.05, 0) is 23.8 Å². The van der Waals surface area contributed by atoms with Crippen LogP contribution in [0.25, 0.3) is 0 Å². The average Bonchev–Trinajstić information content (AvgIpc) is 3.02. The Bertz CT molecular complexity index is 1060. The van der Waals surface area contributed by atoms with Gasteiger partial charge in [-0.3, -0.25) is 9.52 Å². The molecule has 6 nitrogen and oxygen atoms in total. The molecular formula is C19H18ClN3O3S. The lowest BCUT2D eigenvalue weighted by atomic mass is 9.98. The number of nitrogens with one attached hydrogen (secondary N) is 2. The second-order valence-electron chi connectivity index (χ2n) is 6.13. The van der Waals surface area contributed by atoms with E-state index in [4.69, 9.17) is 16.7 Å². The Kier molecular flexibility index (Phi) is 5.36. The second-order valence-corrected chi connectivity index (χ2v) is 7.83. The zero-order valence-electron chi connectivity index (χ0n) is 14.4. The van der Waals surface area contributed by atoms with Crippen LogP contribution in [0.2, 0.25) is 5.02 Å². The van der Waals surface area contributed by atoms with Crippen LogP contribution in [0.1, 0.15) is 40.2 Å². The number of hydrogen-bond donors (Lipinski definition) is 3. The topological polar surface area (TPSA) is 105 Å². The van der Waals surface area contributed by atoms with Gasteiger partial charge in [0.05, 0.1) is 10.7 Å². The predicted octanol–water partition coefficient (Wildman–Crippen LogP) is 3.67. The Morgan fingerprint density at radius 3 is 2.33 bits per heavy atom. The maximum absolute atomic E-state index is 12.6. The van der Waals surface area contributed by atoms with E-state index in [1.165, 1.54) is 0 Å². The molecule has 1 aromatic heterocycles. The molecule has 0 saturated carbocycles. The van der Waals surface area contributed by atoms with Gasteiger partial charge in [-0.1, -0.05) is 61.0 Å². The summed E-state index contributed by atoms with van der Waals surface area (Å²) in [5, 5.41) is 5.43. The minimum absolute atomic E-state index is 0.127. The minimum atomic E-state index is -3.82. The molecule has 0 saturated heterocycles. The summed E-state index contributed by atoms with van der Waals surface area (Å²) < 4.78 is 24.4. The molecule has 1 unspecified atom stereocenters. The molecule has 0 aliphatic heterocycles. The van der Waals surface area contributed by atoms with Crippen LogP contribution in [0.5, 0.6) is 0 Å². The predicted molar refractivity (Wildman–Crippen MR) is 106 cm³/mol. The number of nitrogens with two attached hydrogens (primary N) is 1. The van der Waals surface area contributed by atoms with Crippen molar-refractivity contribution in [3.05, 3.63) is 88.2 Å². The lowest BCUT2D eigenvalue weighted by Gasteiger charge is -2.12. The maximum atomic E-state index is 12.6. The first-order valence-electron chi connectivity index (χ1n) is 8.13. The molecule has 0 amide bonds. The Hall–Kier alpha value is -2.61. The highest BCUT2D eigenvalue weighted by molar-refractivity contribution is 7.90. The lowest BCUT2D eigenvalue weighted by molar-refractivity contribution is 0.103. The standard InChI is InChI=1S/C19H18ClN3O3S/c1-12(13-7-9-15(10-8-13)23-27(21,25)26)18-16(20)11-17(22-18)19(24)14-5-3-2-4-6-14/h2-12,22-23H,1H3,(H2,21,25,26). The van der Waals surface area contributed by atoms with E-state index in [0.29, 0.717) is 27.7 Å². The zero-order valence-corrected chi connectivity index (χ0v) is 16.0. The first-order valence-corrected chi connectivity index (χ1v) is 10.1. The van der Waals surface area contributed by atoms with Crippen molar-refractivity contribution in [2.75, 3.05) is 4.72 Å². The summed E-state index contributed by atoms with van der Waals surface area (Å²) in [5.74, 6) is -0.262. The maximum Gasteiger partial charge on any atom is 0.296 e. The number of hydrogen-bond acceptors (Lipinski definition) is 3. The van der Waals surface area contributed by atoms with E-state index >= 15 is 0 Å². The fraction of sp³-hybridized carbons (Fsp3) is 0.105. The smallest absolute Gasteiger partial charge is 0.296 e. The van der Waals surface area contributed by atoms with Gasteiger partial charge in [0, 0.05) is 22.9 Å². The second kappa shape index (κ2) is 7.56. The van der Waals surface area contributed by atoms with Crippen molar-refractivity contribution in [2.24, 2.45) is 5.14 Å². The van der Waals surface area contributed by atoms with Crippen molar-refractivity contribution in [2.45, 2.75) is 12.8 Å². The molecule has 1 heterocycles. The van der Waals surface area contributed by atoms with Crippen molar-refractivity contribution in [1.82, 2.24) is 4.98 Å². The van der Waals surface area contributed by atoms with Gasteiger partial charge in [0.2, 0.25) is 5.78 Å². The third-order valence-corrected chi connectivity index (χ3v) is 5.02. The molecule has 0 aliphatic carbocycles. The number of aromatic nitrogens is 1. The first-order chi connectivity index (χ1) is 12.7. The third kappa shape index (κ3) is 4.57. The number of carbonyl (C=O) groups is 1. The van der Waals surface area contributed by atoms with Gasteiger partial charge < -0.3 is 4.98 Å². The summed E-state index contributed by atoms with van der Waals surface area (Å²) in [7, 11) is -3.82. The van der Waals surface area contributed by atoms with Crippen LogP contribution in [0, 0.1) is 0 Å². The molecule has 0 fully saturated rings. The van der Waals surface area contributed by atoms with Gasteiger partial charge in [-0.15, -0.1) is 0 Å². The van der Waals surface area contributed by atoms with E-state index in [1.807, 2.05) is 13.0 Å². The molecule has 0 aliphatic rings. The summed E-state index contributed by atoms with van der Waals surface area (Å²) >= 11 is 6.35. The zero-order chi connectivity index (χ0) is 19.6. The minimum Gasteiger partial charge on any atom is -0.354 e. The van der Waals surface area contributed by atoms with E-state index in [0.717, 1.165) is 5.56 Å². The van der Waals surface area contributed by atoms with Crippen LogP contribution < -0.4 is 9.86 Å². The van der Waals surface area contributed by atoms with Gasteiger partial charge >= 0.3 is 0 Å². The Morgan fingerprint density at radius 1 is 1.11 bits per heavy atom. The van der Waals surface area contributed by atoms with Gasteiger partial charge in [0.15, 0.2) is 0 Å². The van der Waals surface area contributed by atoms with Crippen LogP contribution in [-0.4, -0.2) is 19.2 Å². The molecule has 8 heteroatoms.